The molecule has 0 fully saturated rings. The summed E-state index contributed by atoms with van der Waals surface area (Å²) in [6.07, 6.45) is 1.96. The Labute approximate surface area is 111 Å². The van der Waals surface area contributed by atoms with E-state index in [1.165, 1.54) is 6.07 Å². The van der Waals surface area contributed by atoms with E-state index in [4.69, 9.17) is 5.11 Å². The van der Waals surface area contributed by atoms with Crippen molar-refractivity contribution in [2.45, 2.75) is 6.54 Å². The quantitative estimate of drug-likeness (QED) is 0.895. The van der Waals surface area contributed by atoms with Crippen molar-refractivity contribution in [1.29, 1.82) is 0 Å². The van der Waals surface area contributed by atoms with Crippen LogP contribution in [0.5, 0.6) is 5.75 Å². The molecule has 1 aromatic carbocycles. The lowest BCUT2D eigenvalue weighted by atomic mass is 10.2. The fourth-order valence-electron chi connectivity index (χ4n) is 1.71. The first kappa shape index (κ1) is 13.7. The number of hydrogen-bond donors (Lipinski definition) is 2. The Hall–Kier alpha value is -2.70. The van der Waals surface area contributed by atoms with E-state index in [1.54, 1.807) is 0 Å². The summed E-state index contributed by atoms with van der Waals surface area (Å²) in [7, 11) is 0. The van der Waals surface area contributed by atoms with Gasteiger partial charge in [0.25, 0.3) is 0 Å². The molecule has 5 nitrogen and oxygen atoms in total. The van der Waals surface area contributed by atoms with Gasteiger partial charge < -0.3 is 14.8 Å². The Kier molecular flexibility index (Phi) is 3.51. The van der Waals surface area contributed by atoms with Crippen molar-refractivity contribution in [2.75, 3.05) is 0 Å². The van der Waals surface area contributed by atoms with Gasteiger partial charge in [-0.3, -0.25) is 4.79 Å². The first-order chi connectivity index (χ1) is 9.38. The van der Waals surface area contributed by atoms with Gasteiger partial charge in [-0.05, 0) is 6.07 Å². The Bertz CT molecular complexity index is 740. The van der Waals surface area contributed by atoms with Gasteiger partial charge in [-0.25, -0.2) is 13.6 Å². The minimum atomic E-state index is -1.50. The van der Waals surface area contributed by atoms with Crippen LogP contribution in [0, 0.1) is 11.6 Å². The molecule has 20 heavy (non-hydrogen) atoms. The van der Waals surface area contributed by atoms with Crippen LogP contribution in [-0.4, -0.2) is 20.7 Å². The summed E-state index contributed by atoms with van der Waals surface area (Å²) < 4.78 is 27.4. The molecule has 0 aliphatic rings. The third-order valence-electron chi connectivity index (χ3n) is 2.66. The molecule has 0 saturated heterocycles. The summed E-state index contributed by atoms with van der Waals surface area (Å²) in [6.45, 7) is -0.153. The van der Waals surface area contributed by atoms with Gasteiger partial charge in [-0.2, -0.15) is 0 Å². The molecule has 1 heterocycles. The number of aromatic nitrogens is 1. The van der Waals surface area contributed by atoms with E-state index in [9.17, 15) is 23.5 Å². The first-order valence-corrected chi connectivity index (χ1v) is 5.48. The molecule has 0 atom stereocenters. The Morgan fingerprint density at radius 1 is 1.25 bits per heavy atom. The van der Waals surface area contributed by atoms with Gasteiger partial charge in [0, 0.05) is 17.8 Å². The Balaban J connectivity index is 2.44. The number of halogens is 2. The third kappa shape index (κ3) is 2.66. The zero-order valence-electron chi connectivity index (χ0n) is 10.0. The van der Waals surface area contributed by atoms with E-state index in [-0.39, 0.29) is 12.1 Å². The third-order valence-corrected chi connectivity index (χ3v) is 2.66. The summed E-state index contributed by atoms with van der Waals surface area (Å²) in [5, 5.41) is 18.2. The summed E-state index contributed by atoms with van der Waals surface area (Å²) in [6, 6.07) is 2.94. The van der Waals surface area contributed by atoms with Crippen molar-refractivity contribution in [3.63, 3.8) is 0 Å². The average Bonchev–Trinajstić information content (AvgIpc) is 2.36. The molecule has 104 valence electrons. The number of nitrogens with zero attached hydrogens (tertiary/aromatic N) is 1. The highest BCUT2D eigenvalue weighted by Crippen LogP contribution is 2.13. The number of rotatable bonds is 3. The normalized spacial score (nSPS) is 10.5. The van der Waals surface area contributed by atoms with Gasteiger partial charge in [0.2, 0.25) is 5.43 Å². The van der Waals surface area contributed by atoms with Crippen molar-refractivity contribution in [1.82, 2.24) is 4.57 Å². The fourth-order valence-corrected chi connectivity index (χ4v) is 1.71. The van der Waals surface area contributed by atoms with E-state index in [2.05, 4.69) is 0 Å². The molecule has 7 heteroatoms. The summed E-state index contributed by atoms with van der Waals surface area (Å²) in [5.41, 5.74) is -1.56. The monoisotopic (exact) mass is 281 g/mol. The molecule has 2 rings (SSSR count). The second-order valence-electron chi connectivity index (χ2n) is 4.10. The maximum absolute atomic E-state index is 13.5. The van der Waals surface area contributed by atoms with E-state index >= 15 is 0 Å². The molecule has 0 saturated carbocycles. The molecule has 0 unspecified atom stereocenters. The van der Waals surface area contributed by atoms with Crippen LogP contribution in [0.3, 0.4) is 0 Å². The maximum atomic E-state index is 13.5. The molecule has 2 N–H and O–H groups in total. The van der Waals surface area contributed by atoms with E-state index in [1.807, 2.05) is 0 Å². The molecule has 1 aromatic heterocycles. The van der Waals surface area contributed by atoms with Crippen LogP contribution >= 0.6 is 0 Å². The number of pyridine rings is 1. The smallest absolute Gasteiger partial charge is 0.341 e. The predicted molar refractivity (Wildman–Crippen MR) is 64.8 cm³/mol. The topological polar surface area (TPSA) is 79.5 Å². The van der Waals surface area contributed by atoms with Crippen LogP contribution < -0.4 is 5.43 Å². The van der Waals surface area contributed by atoms with Gasteiger partial charge in [0.1, 0.15) is 17.2 Å². The minimum Gasteiger partial charge on any atom is -0.503 e. The van der Waals surface area contributed by atoms with E-state index in [0.29, 0.717) is 6.07 Å². The zero-order chi connectivity index (χ0) is 14.9. The van der Waals surface area contributed by atoms with Crippen LogP contribution in [0.2, 0.25) is 0 Å². The number of carbonyl (C=O) groups is 1. The van der Waals surface area contributed by atoms with Gasteiger partial charge in [0.15, 0.2) is 5.75 Å². The highest BCUT2D eigenvalue weighted by atomic mass is 19.1. The molecule has 0 bridgehead atoms. The number of carboxylic acid groups (broad SMARTS) is 1. The summed E-state index contributed by atoms with van der Waals surface area (Å²) >= 11 is 0. The summed E-state index contributed by atoms with van der Waals surface area (Å²) in [4.78, 5) is 22.2. The molecule has 0 aliphatic heterocycles. The van der Waals surface area contributed by atoms with Gasteiger partial charge >= 0.3 is 5.97 Å². The lowest BCUT2D eigenvalue weighted by Gasteiger charge is -2.09. The van der Waals surface area contributed by atoms with Crippen LogP contribution in [0.15, 0.2) is 35.4 Å². The largest absolute Gasteiger partial charge is 0.503 e. The van der Waals surface area contributed by atoms with E-state index < -0.39 is 34.3 Å². The molecular weight excluding hydrogens is 272 g/mol. The van der Waals surface area contributed by atoms with Gasteiger partial charge in [-0.1, -0.05) is 6.07 Å². The Morgan fingerprint density at radius 2 is 1.95 bits per heavy atom. The standard InChI is InChI=1S/C13H9F2NO4/c14-8-2-1-7(10(15)3-8)4-16-5-9(13(19)20)12(18)11(17)6-16/h1-3,5-6,17H,4H2,(H,19,20). The fraction of sp³-hybridized carbons (Fsp3) is 0.0769. The molecule has 0 spiro atoms. The van der Waals surface area contributed by atoms with Crippen molar-refractivity contribution in [2.24, 2.45) is 0 Å². The van der Waals surface area contributed by atoms with E-state index in [0.717, 1.165) is 23.0 Å². The SMILES string of the molecule is O=C(O)c1cn(Cc2ccc(F)cc2F)cc(O)c1=O. The molecule has 2 aromatic rings. The highest BCUT2D eigenvalue weighted by Gasteiger charge is 2.14. The molecule has 0 aliphatic carbocycles. The van der Waals surface area contributed by atoms with Crippen molar-refractivity contribution in [3.8, 4) is 5.75 Å². The average molecular weight is 281 g/mol. The second-order valence-corrected chi connectivity index (χ2v) is 4.10. The Morgan fingerprint density at radius 3 is 2.55 bits per heavy atom. The zero-order valence-corrected chi connectivity index (χ0v) is 10.0. The van der Waals surface area contributed by atoms with Crippen molar-refractivity contribution < 1.29 is 23.8 Å². The van der Waals surface area contributed by atoms with Crippen LogP contribution in [0.25, 0.3) is 0 Å². The first-order valence-electron chi connectivity index (χ1n) is 5.48. The van der Waals surface area contributed by atoms with Crippen LogP contribution in [0.1, 0.15) is 15.9 Å². The highest BCUT2D eigenvalue weighted by molar-refractivity contribution is 5.87. The number of benzene rings is 1. The number of hydrogen-bond acceptors (Lipinski definition) is 3. The lowest BCUT2D eigenvalue weighted by molar-refractivity contribution is 0.0694. The number of carboxylic acids is 1. The van der Waals surface area contributed by atoms with Crippen LogP contribution in [-0.2, 0) is 6.54 Å². The van der Waals surface area contributed by atoms with Crippen LogP contribution in [0.4, 0.5) is 8.78 Å². The maximum Gasteiger partial charge on any atom is 0.341 e. The number of aromatic carboxylic acids is 1. The number of aromatic hydroxyl groups is 1. The second kappa shape index (κ2) is 5.12. The lowest BCUT2D eigenvalue weighted by Crippen LogP contribution is -2.18. The van der Waals surface area contributed by atoms with Gasteiger partial charge in [-0.15, -0.1) is 0 Å². The molecule has 0 amide bonds. The predicted octanol–water partition coefficient (Wildman–Crippen LogP) is 1.58. The summed E-state index contributed by atoms with van der Waals surface area (Å²) in [5.74, 6) is -3.80. The van der Waals surface area contributed by atoms with Crippen molar-refractivity contribution in [3.05, 3.63) is 63.6 Å². The molecule has 0 radical (unpaired) electrons. The van der Waals surface area contributed by atoms with Crippen molar-refractivity contribution >= 4 is 5.97 Å². The minimum absolute atomic E-state index is 0.0887. The molecular formula is C13H9F2NO4. The van der Waals surface area contributed by atoms with Gasteiger partial charge in [0.05, 0.1) is 12.7 Å².